The Balaban J connectivity index is 1.58. The molecule has 4 nitrogen and oxygen atoms in total. The highest BCUT2D eigenvalue weighted by Crippen LogP contribution is 2.46. The maximum absolute atomic E-state index is 12.5. The Hall–Kier alpha value is -5.48. The van der Waals surface area contributed by atoms with Gasteiger partial charge in [0.05, 0.1) is 34.8 Å². The number of fused-ring (bicyclic) bond motifs is 1. The highest BCUT2D eigenvalue weighted by Gasteiger charge is 2.31. The van der Waals surface area contributed by atoms with Crippen LogP contribution in [0.2, 0.25) is 0 Å². The van der Waals surface area contributed by atoms with Gasteiger partial charge in [-0.25, -0.2) is 4.98 Å². The minimum absolute atomic E-state index is 0.0781. The summed E-state index contributed by atoms with van der Waals surface area (Å²) in [6.45, 7) is 33.0. The Morgan fingerprint density at radius 2 is 1.12 bits per heavy atom. The van der Waals surface area contributed by atoms with Crippen LogP contribution >= 0.6 is 0 Å². The number of pyridine rings is 1. The number of para-hydroxylation sites is 1. The van der Waals surface area contributed by atoms with Gasteiger partial charge in [-0.3, -0.25) is 9.55 Å². The summed E-state index contributed by atoms with van der Waals surface area (Å²) in [5.41, 5.74) is 11.5. The molecule has 0 spiro atoms. The molecule has 7 aromatic rings. The summed E-state index contributed by atoms with van der Waals surface area (Å²) >= 11 is 0. The molecule has 60 heavy (non-hydrogen) atoms. The van der Waals surface area contributed by atoms with Crippen LogP contribution in [-0.4, -0.2) is 19.6 Å². The quantitative estimate of drug-likeness (QED) is 0.189. The van der Waals surface area contributed by atoms with E-state index in [1.807, 2.05) is 0 Å². The van der Waals surface area contributed by atoms with E-state index in [0.29, 0.717) is 22.6 Å². The fraction of sp³-hybridized carbons (Fsp3) is 0.357. The van der Waals surface area contributed by atoms with E-state index in [1.165, 1.54) is 11.1 Å². The van der Waals surface area contributed by atoms with Gasteiger partial charge in [-0.15, -0.1) is 0 Å². The molecule has 0 saturated heterocycles. The molecule has 0 saturated carbocycles. The Kier molecular flexibility index (Phi) is 9.04. The highest BCUT2D eigenvalue weighted by atomic mass is 16.3. The fourth-order valence-corrected chi connectivity index (χ4v) is 7.87. The van der Waals surface area contributed by atoms with Crippen LogP contribution in [-0.2, 0) is 27.1 Å². The standard InChI is InChI=1S/C56H65N3O/c1-52(2,3)39-24-25-47(44(33-39)55(10,11)12)59-48-23-19-22-42(49(48)58-51(59)43-32-41(54(7,8)9)34-45(50(43)60)56(13,14)15)37-28-38(30-40(29-37)53(4,5)6)46-31-36(26-27-57-46)35-20-17-16-18-21-35/h16-34,60H,1-15H3/i16D,17D,18D,20D,21D. The summed E-state index contributed by atoms with van der Waals surface area (Å²) in [5, 5.41) is 12.5. The second-order valence-corrected chi connectivity index (χ2v) is 21.6. The first-order chi connectivity index (χ1) is 29.9. The van der Waals surface area contributed by atoms with Gasteiger partial charge in [0.15, 0.2) is 0 Å². The normalized spacial score (nSPS) is 14.2. The Morgan fingerprint density at radius 1 is 0.517 bits per heavy atom. The number of phenols is 1. The first-order valence-corrected chi connectivity index (χ1v) is 21.1. The van der Waals surface area contributed by atoms with Crippen molar-refractivity contribution in [2.45, 2.75) is 131 Å². The lowest BCUT2D eigenvalue weighted by molar-refractivity contribution is 0.446. The van der Waals surface area contributed by atoms with E-state index in [0.717, 1.165) is 50.1 Å². The molecule has 0 atom stereocenters. The molecule has 0 unspecified atom stereocenters. The Labute approximate surface area is 366 Å². The van der Waals surface area contributed by atoms with E-state index in [-0.39, 0.29) is 62.6 Å². The van der Waals surface area contributed by atoms with Crippen LogP contribution in [0, 0.1) is 0 Å². The van der Waals surface area contributed by atoms with Crippen LogP contribution in [0.4, 0.5) is 0 Å². The van der Waals surface area contributed by atoms with Crippen molar-refractivity contribution in [3.05, 3.63) is 143 Å². The summed E-state index contributed by atoms with van der Waals surface area (Å²) in [6, 6.07) is 25.6. The summed E-state index contributed by atoms with van der Waals surface area (Å²) in [4.78, 5) is 10.4. The number of aromatic hydroxyl groups is 1. The van der Waals surface area contributed by atoms with Gasteiger partial charge in [-0.2, -0.15) is 0 Å². The number of hydrogen-bond acceptors (Lipinski definition) is 3. The van der Waals surface area contributed by atoms with Crippen molar-refractivity contribution in [1.82, 2.24) is 14.5 Å². The van der Waals surface area contributed by atoms with E-state index in [9.17, 15) is 5.11 Å². The van der Waals surface area contributed by atoms with Crippen LogP contribution < -0.4 is 0 Å². The van der Waals surface area contributed by atoms with E-state index in [1.54, 1.807) is 18.3 Å². The summed E-state index contributed by atoms with van der Waals surface area (Å²) < 4.78 is 44.5. The second kappa shape index (κ2) is 14.9. The van der Waals surface area contributed by atoms with Gasteiger partial charge in [-0.05, 0) is 108 Å². The molecule has 1 N–H and O–H groups in total. The molecule has 2 aromatic heterocycles. The number of hydrogen-bond donors (Lipinski definition) is 1. The third kappa shape index (κ3) is 8.31. The van der Waals surface area contributed by atoms with Crippen molar-refractivity contribution < 1.29 is 12.0 Å². The van der Waals surface area contributed by atoms with Gasteiger partial charge in [0.1, 0.15) is 11.6 Å². The van der Waals surface area contributed by atoms with Crippen molar-refractivity contribution in [1.29, 1.82) is 0 Å². The van der Waals surface area contributed by atoms with Crippen LogP contribution in [0.1, 0.15) is 139 Å². The minimum atomic E-state index is -0.427. The SMILES string of the molecule is [2H]c1c([2H])c([2H])c(-c2ccnc(-c3cc(-c4cccc5c4nc(-c4cc(C(C)(C)C)cc(C(C)(C)C)c4O)n5-c4ccc(C(C)(C)C)cc4C(C)(C)C)cc(C(C)(C)C)c3)c2)c([2H])c1[2H]. The van der Waals surface area contributed by atoms with Crippen LogP contribution in [0.15, 0.2) is 115 Å². The number of rotatable bonds is 5. The largest absolute Gasteiger partial charge is 0.507 e. The average Bonchev–Trinajstić information content (AvgIpc) is 3.59. The second-order valence-electron chi connectivity index (χ2n) is 21.6. The van der Waals surface area contributed by atoms with Crippen molar-refractivity contribution in [3.8, 4) is 56.3 Å². The number of benzene rings is 5. The molecule has 310 valence electrons. The van der Waals surface area contributed by atoms with Crippen molar-refractivity contribution in [2.24, 2.45) is 0 Å². The van der Waals surface area contributed by atoms with Gasteiger partial charge in [0.25, 0.3) is 0 Å². The van der Waals surface area contributed by atoms with Gasteiger partial charge in [-0.1, -0.05) is 170 Å². The minimum Gasteiger partial charge on any atom is -0.507 e. The summed E-state index contributed by atoms with van der Waals surface area (Å²) in [5.74, 6) is 0.866. The zero-order valence-corrected chi connectivity index (χ0v) is 38.4. The van der Waals surface area contributed by atoms with E-state index < -0.39 is 6.04 Å². The maximum atomic E-state index is 12.5. The number of nitrogens with zero attached hydrogens (tertiary/aromatic N) is 3. The number of aromatic nitrogens is 3. The van der Waals surface area contributed by atoms with E-state index in [2.05, 4.69) is 175 Å². The molecule has 0 fully saturated rings. The lowest BCUT2D eigenvalue weighted by Gasteiger charge is -2.29. The molecule has 2 heterocycles. The molecule has 0 aliphatic carbocycles. The molecule has 0 radical (unpaired) electrons. The van der Waals surface area contributed by atoms with Crippen molar-refractivity contribution in [3.63, 3.8) is 0 Å². The molecular formula is C56H65N3O. The van der Waals surface area contributed by atoms with Gasteiger partial charge in [0.2, 0.25) is 0 Å². The highest BCUT2D eigenvalue weighted by molar-refractivity contribution is 5.97. The third-order valence-electron chi connectivity index (χ3n) is 11.6. The number of phenolic OH excluding ortho intramolecular Hbond substituents is 1. The first kappa shape index (κ1) is 36.4. The molecule has 0 aliphatic rings. The van der Waals surface area contributed by atoms with Crippen molar-refractivity contribution >= 4 is 11.0 Å². The van der Waals surface area contributed by atoms with Gasteiger partial charge < -0.3 is 5.11 Å². The van der Waals surface area contributed by atoms with E-state index >= 15 is 0 Å². The fourth-order valence-electron chi connectivity index (χ4n) is 7.87. The molecular weight excluding hydrogens is 731 g/mol. The monoisotopic (exact) mass is 801 g/mol. The smallest absolute Gasteiger partial charge is 0.149 e. The molecule has 0 bridgehead atoms. The third-order valence-corrected chi connectivity index (χ3v) is 11.6. The number of imidazole rings is 1. The Bertz CT molecular complexity index is 2990. The van der Waals surface area contributed by atoms with Crippen molar-refractivity contribution in [2.75, 3.05) is 0 Å². The summed E-state index contributed by atoms with van der Waals surface area (Å²) in [6.07, 6.45) is 1.63. The zero-order chi connectivity index (χ0) is 48.1. The Morgan fingerprint density at radius 3 is 1.73 bits per heavy atom. The molecule has 0 aliphatic heterocycles. The predicted molar refractivity (Wildman–Crippen MR) is 256 cm³/mol. The first-order valence-electron chi connectivity index (χ1n) is 23.6. The topological polar surface area (TPSA) is 50.9 Å². The average molecular weight is 801 g/mol. The van der Waals surface area contributed by atoms with Crippen LogP contribution in [0.5, 0.6) is 5.75 Å². The van der Waals surface area contributed by atoms with Crippen LogP contribution in [0.25, 0.3) is 61.6 Å². The molecule has 4 heteroatoms. The van der Waals surface area contributed by atoms with Crippen LogP contribution in [0.3, 0.4) is 0 Å². The maximum Gasteiger partial charge on any atom is 0.149 e. The van der Waals surface area contributed by atoms with E-state index in [4.69, 9.17) is 16.8 Å². The molecule has 7 rings (SSSR count). The zero-order valence-electron chi connectivity index (χ0n) is 43.4. The van der Waals surface area contributed by atoms with Gasteiger partial charge >= 0.3 is 0 Å². The van der Waals surface area contributed by atoms with Gasteiger partial charge in [0, 0.05) is 22.9 Å². The molecule has 0 amide bonds. The lowest BCUT2D eigenvalue weighted by atomic mass is 9.78. The lowest BCUT2D eigenvalue weighted by Crippen LogP contribution is -2.19. The molecule has 5 aromatic carbocycles. The predicted octanol–water partition coefficient (Wildman–Crippen LogP) is 15.3. The summed E-state index contributed by atoms with van der Waals surface area (Å²) in [7, 11) is 0.